The van der Waals surface area contributed by atoms with Gasteiger partial charge < -0.3 is 14.8 Å². The Kier molecular flexibility index (Phi) is 3.52. The third-order valence-electron chi connectivity index (χ3n) is 3.27. The fourth-order valence-corrected chi connectivity index (χ4v) is 2.24. The maximum absolute atomic E-state index is 13.1. The van der Waals surface area contributed by atoms with Crippen LogP contribution in [0.5, 0.6) is 0 Å². The van der Waals surface area contributed by atoms with Crippen molar-refractivity contribution in [2.24, 2.45) is 0 Å². The molecule has 98 valence electrons. The summed E-state index contributed by atoms with van der Waals surface area (Å²) in [6.07, 6.45) is 1.07. The molecule has 5 heteroatoms. The Morgan fingerprint density at radius 3 is 2.72 bits per heavy atom. The van der Waals surface area contributed by atoms with Crippen molar-refractivity contribution >= 4 is 11.7 Å². The van der Waals surface area contributed by atoms with E-state index >= 15 is 0 Å². The first-order valence-corrected chi connectivity index (χ1v) is 5.74. The number of rotatable bonds is 4. The zero-order chi connectivity index (χ0) is 13.2. The molecule has 0 unspecified atom stereocenters. The lowest BCUT2D eigenvalue weighted by Crippen LogP contribution is -2.59. The number of methoxy groups -OCH3 is 2. The van der Waals surface area contributed by atoms with Crippen LogP contribution in [-0.4, -0.2) is 31.8 Å². The van der Waals surface area contributed by atoms with E-state index in [9.17, 15) is 9.18 Å². The lowest BCUT2D eigenvalue weighted by Gasteiger charge is -2.45. The van der Waals surface area contributed by atoms with E-state index in [0.717, 1.165) is 0 Å². The molecular formula is C13H16FNO3. The number of carbonyl (C=O) groups is 1. The summed E-state index contributed by atoms with van der Waals surface area (Å²) in [6, 6.07) is 6.02. The Morgan fingerprint density at radius 1 is 1.44 bits per heavy atom. The lowest BCUT2D eigenvalue weighted by atomic mass is 9.74. The van der Waals surface area contributed by atoms with Crippen LogP contribution in [0, 0.1) is 5.82 Å². The zero-order valence-corrected chi connectivity index (χ0v) is 10.4. The molecule has 0 heterocycles. The van der Waals surface area contributed by atoms with Crippen molar-refractivity contribution in [2.45, 2.75) is 24.5 Å². The standard InChI is InChI=1S/C13H16FNO3/c1-17-11-7-13(8-11,12(16)18-2)15-10-5-3-4-9(14)6-10/h3-6,11,15H,7-8H2,1-2H3. The number of hydrogen-bond acceptors (Lipinski definition) is 4. The van der Waals surface area contributed by atoms with Gasteiger partial charge in [-0.05, 0) is 18.2 Å². The molecule has 0 aromatic heterocycles. The molecule has 0 amide bonds. The van der Waals surface area contributed by atoms with Crippen LogP contribution in [0.4, 0.5) is 10.1 Å². The quantitative estimate of drug-likeness (QED) is 0.833. The van der Waals surface area contributed by atoms with Crippen molar-refractivity contribution in [3.05, 3.63) is 30.1 Å². The van der Waals surface area contributed by atoms with E-state index in [-0.39, 0.29) is 17.9 Å². The smallest absolute Gasteiger partial charge is 0.331 e. The van der Waals surface area contributed by atoms with Crippen molar-refractivity contribution in [3.8, 4) is 0 Å². The largest absolute Gasteiger partial charge is 0.467 e. The summed E-state index contributed by atoms with van der Waals surface area (Å²) in [4.78, 5) is 11.8. The van der Waals surface area contributed by atoms with Gasteiger partial charge in [0.05, 0.1) is 13.2 Å². The first kappa shape index (κ1) is 12.8. The second-order valence-corrected chi connectivity index (χ2v) is 4.47. The van der Waals surface area contributed by atoms with Gasteiger partial charge in [-0.2, -0.15) is 0 Å². The third-order valence-corrected chi connectivity index (χ3v) is 3.27. The molecule has 0 radical (unpaired) electrons. The van der Waals surface area contributed by atoms with Gasteiger partial charge in [0.25, 0.3) is 0 Å². The highest BCUT2D eigenvalue weighted by Crippen LogP contribution is 2.38. The molecule has 0 aliphatic heterocycles. The number of halogens is 1. The summed E-state index contributed by atoms with van der Waals surface area (Å²) in [5, 5.41) is 3.05. The van der Waals surface area contributed by atoms with Crippen LogP contribution >= 0.6 is 0 Å². The highest BCUT2D eigenvalue weighted by Gasteiger charge is 2.51. The van der Waals surface area contributed by atoms with E-state index in [1.165, 1.54) is 19.2 Å². The van der Waals surface area contributed by atoms with Gasteiger partial charge in [-0.1, -0.05) is 6.07 Å². The Morgan fingerprint density at radius 2 is 2.17 bits per heavy atom. The van der Waals surface area contributed by atoms with Crippen LogP contribution < -0.4 is 5.32 Å². The van der Waals surface area contributed by atoms with Crippen molar-refractivity contribution in [2.75, 3.05) is 19.5 Å². The lowest BCUT2D eigenvalue weighted by molar-refractivity contribution is -0.154. The molecule has 0 atom stereocenters. The molecule has 1 aliphatic carbocycles. The van der Waals surface area contributed by atoms with E-state index < -0.39 is 5.54 Å². The Balaban J connectivity index is 2.14. The molecule has 1 aliphatic rings. The first-order valence-electron chi connectivity index (χ1n) is 5.74. The maximum atomic E-state index is 13.1. The number of esters is 1. The zero-order valence-electron chi connectivity index (χ0n) is 10.4. The molecule has 1 saturated carbocycles. The number of anilines is 1. The Bertz CT molecular complexity index is 444. The number of hydrogen-bond donors (Lipinski definition) is 1. The molecule has 1 aromatic carbocycles. The molecular weight excluding hydrogens is 237 g/mol. The highest BCUT2D eigenvalue weighted by molar-refractivity contribution is 5.86. The first-order chi connectivity index (χ1) is 8.59. The number of carbonyl (C=O) groups excluding carboxylic acids is 1. The molecule has 2 rings (SSSR count). The average molecular weight is 253 g/mol. The van der Waals surface area contributed by atoms with E-state index in [0.29, 0.717) is 18.5 Å². The highest BCUT2D eigenvalue weighted by atomic mass is 19.1. The molecule has 1 N–H and O–H groups in total. The fourth-order valence-electron chi connectivity index (χ4n) is 2.24. The Labute approximate surface area is 105 Å². The minimum absolute atomic E-state index is 0.0326. The third kappa shape index (κ3) is 2.31. The normalized spacial score (nSPS) is 26.3. The van der Waals surface area contributed by atoms with E-state index in [2.05, 4.69) is 5.32 Å². The van der Waals surface area contributed by atoms with Crippen LogP contribution in [0.1, 0.15) is 12.8 Å². The molecule has 0 spiro atoms. The SMILES string of the molecule is COC(=O)C1(Nc2cccc(F)c2)CC(OC)C1. The minimum Gasteiger partial charge on any atom is -0.467 e. The fraction of sp³-hybridized carbons (Fsp3) is 0.462. The van der Waals surface area contributed by atoms with Crippen LogP contribution in [0.3, 0.4) is 0 Å². The monoisotopic (exact) mass is 253 g/mol. The summed E-state index contributed by atoms with van der Waals surface area (Å²) in [5.74, 6) is -0.692. The Hall–Kier alpha value is -1.62. The van der Waals surface area contributed by atoms with Gasteiger partial charge in [0.15, 0.2) is 0 Å². The molecule has 0 saturated heterocycles. The van der Waals surface area contributed by atoms with Crippen LogP contribution in [-0.2, 0) is 14.3 Å². The minimum atomic E-state index is -0.802. The second kappa shape index (κ2) is 4.94. The summed E-state index contributed by atoms with van der Waals surface area (Å²) in [7, 11) is 2.95. The summed E-state index contributed by atoms with van der Waals surface area (Å²) < 4.78 is 23.1. The van der Waals surface area contributed by atoms with E-state index in [1.807, 2.05) is 0 Å². The van der Waals surface area contributed by atoms with Gasteiger partial charge in [0.1, 0.15) is 11.4 Å². The second-order valence-electron chi connectivity index (χ2n) is 4.47. The van der Waals surface area contributed by atoms with E-state index in [1.54, 1.807) is 19.2 Å². The van der Waals surface area contributed by atoms with Gasteiger partial charge in [-0.25, -0.2) is 9.18 Å². The van der Waals surface area contributed by atoms with Crippen molar-refractivity contribution in [3.63, 3.8) is 0 Å². The van der Waals surface area contributed by atoms with Crippen LogP contribution in [0.2, 0.25) is 0 Å². The number of benzene rings is 1. The van der Waals surface area contributed by atoms with Crippen LogP contribution in [0.15, 0.2) is 24.3 Å². The topological polar surface area (TPSA) is 47.6 Å². The van der Waals surface area contributed by atoms with Gasteiger partial charge in [-0.15, -0.1) is 0 Å². The summed E-state index contributed by atoms with van der Waals surface area (Å²) in [6.45, 7) is 0. The summed E-state index contributed by atoms with van der Waals surface area (Å²) in [5.41, 5.74) is -0.238. The van der Waals surface area contributed by atoms with E-state index in [4.69, 9.17) is 9.47 Å². The van der Waals surface area contributed by atoms with Gasteiger partial charge in [-0.3, -0.25) is 0 Å². The van der Waals surface area contributed by atoms with Crippen molar-refractivity contribution in [1.29, 1.82) is 0 Å². The van der Waals surface area contributed by atoms with Gasteiger partial charge in [0, 0.05) is 25.6 Å². The molecule has 1 fully saturated rings. The molecule has 1 aromatic rings. The number of ether oxygens (including phenoxy) is 2. The van der Waals surface area contributed by atoms with Crippen molar-refractivity contribution < 1.29 is 18.7 Å². The molecule has 4 nitrogen and oxygen atoms in total. The predicted octanol–water partition coefficient (Wildman–Crippen LogP) is 1.96. The van der Waals surface area contributed by atoms with Gasteiger partial charge in [0.2, 0.25) is 0 Å². The van der Waals surface area contributed by atoms with Gasteiger partial charge >= 0.3 is 5.97 Å². The van der Waals surface area contributed by atoms with Crippen LogP contribution in [0.25, 0.3) is 0 Å². The van der Waals surface area contributed by atoms with Crippen molar-refractivity contribution in [1.82, 2.24) is 0 Å². The average Bonchev–Trinajstić information content (AvgIpc) is 2.32. The molecule has 0 bridgehead atoms. The predicted molar refractivity (Wildman–Crippen MR) is 64.8 cm³/mol. The maximum Gasteiger partial charge on any atom is 0.331 e. The summed E-state index contributed by atoms with van der Waals surface area (Å²) >= 11 is 0. The number of nitrogens with one attached hydrogen (secondary N) is 1. The molecule has 18 heavy (non-hydrogen) atoms.